The fourth-order valence-corrected chi connectivity index (χ4v) is 17.5. The first-order valence-electron chi connectivity index (χ1n) is 21.4. The average Bonchev–Trinajstić information content (AvgIpc) is 3.38. The first-order chi connectivity index (χ1) is 24.8. The Hall–Kier alpha value is -1.36. The third-order valence-corrected chi connectivity index (χ3v) is 30.1. The first kappa shape index (κ1) is 43.8. The maximum Gasteiger partial charge on any atom is 0.261 e. The molecule has 302 valence electrons. The van der Waals surface area contributed by atoms with E-state index in [-0.39, 0.29) is 32.0 Å². The number of benzene rings is 2. The number of ketones is 1. The lowest BCUT2D eigenvalue weighted by Gasteiger charge is -2.58. The zero-order chi connectivity index (χ0) is 40.2. The van der Waals surface area contributed by atoms with Crippen LogP contribution in [0.4, 0.5) is 0 Å². The third kappa shape index (κ3) is 8.16. The predicted molar refractivity (Wildman–Crippen MR) is 236 cm³/mol. The van der Waals surface area contributed by atoms with Gasteiger partial charge in [-0.1, -0.05) is 137 Å². The van der Waals surface area contributed by atoms with Crippen LogP contribution in [0.1, 0.15) is 121 Å². The molecule has 0 N–H and O–H groups in total. The number of Topliss-reactive ketones (excluding diaryl/α,β-unsaturated/α-hetero) is 1. The Kier molecular flexibility index (Phi) is 12.5. The standard InChI is InChI=1S/C47H78O4Si3/c1-43(2,3)52(12,13)49-33-35-32-36(51-53(14,15)44(4,5)6)28-30-46(35,10)41-29-31-47(11)40(26-27-42(47)48)39(41)34-50-54(45(7,8)9,37-22-18-16-19-23-37)38-24-20-17-21-25-38/h16-25,35-36,39-41H,26-34H2,1-15H3/t35-,36+,39+,40+,41+,46+,47+/m1/s1. The van der Waals surface area contributed by atoms with Crippen molar-refractivity contribution in [3.63, 3.8) is 0 Å². The van der Waals surface area contributed by atoms with E-state index in [2.05, 4.69) is 163 Å². The molecule has 0 spiro atoms. The van der Waals surface area contributed by atoms with Gasteiger partial charge in [-0.05, 0) is 119 Å². The number of rotatable bonds is 11. The van der Waals surface area contributed by atoms with Crippen LogP contribution in [-0.2, 0) is 18.1 Å². The Morgan fingerprint density at radius 1 is 0.648 bits per heavy atom. The summed E-state index contributed by atoms with van der Waals surface area (Å²) >= 11 is 0. The highest BCUT2D eigenvalue weighted by atomic mass is 28.4. The molecule has 0 radical (unpaired) electrons. The molecule has 0 unspecified atom stereocenters. The lowest BCUT2D eigenvalue weighted by atomic mass is 9.49. The van der Waals surface area contributed by atoms with Gasteiger partial charge < -0.3 is 13.3 Å². The predicted octanol–water partition coefficient (Wildman–Crippen LogP) is 11.8. The molecule has 2 aromatic carbocycles. The van der Waals surface area contributed by atoms with Gasteiger partial charge in [0.25, 0.3) is 8.32 Å². The molecule has 7 atom stereocenters. The summed E-state index contributed by atoms with van der Waals surface area (Å²) in [5, 5.41) is 2.88. The summed E-state index contributed by atoms with van der Waals surface area (Å²) < 4.78 is 22.3. The molecule has 2 aromatic rings. The van der Waals surface area contributed by atoms with Gasteiger partial charge in [-0.3, -0.25) is 4.79 Å². The summed E-state index contributed by atoms with van der Waals surface area (Å²) in [7, 11) is -6.71. The number of fused-ring (bicyclic) bond motifs is 1. The summed E-state index contributed by atoms with van der Waals surface area (Å²) in [6.45, 7) is 37.4. The van der Waals surface area contributed by atoms with Gasteiger partial charge in [-0.25, -0.2) is 0 Å². The van der Waals surface area contributed by atoms with Crippen LogP contribution in [-0.4, -0.2) is 50.1 Å². The molecule has 0 saturated heterocycles. The zero-order valence-corrected chi connectivity index (χ0v) is 40.2. The Morgan fingerprint density at radius 3 is 1.69 bits per heavy atom. The van der Waals surface area contributed by atoms with Crippen molar-refractivity contribution in [3.8, 4) is 0 Å². The highest BCUT2D eigenvalue weighted by molar-refractivity contribution is 6.99. The summed E-state index contributed by atoms with van der Waals surface area (Å²) in [5.74, 6) is 1.95. The van der Waals surface area contributed by atoms with Crippen LogP contribution in [0.5, 0.6) is 0 Å². The molecule has 0 bridgehead atoms. The number of carbonyl (C=O) groups is 1. The molecule has 3 aliphatic carbocycles. The van der Waals surface area contributed by atoms with Crippen LogP contribution < -0.4 is 10.4 Å². The van der Waals surface area contributed by atoms with E-state index in [0.29, 0.717) is 42.5 Å². The van der Waals surface area contributed by atoms with Gasteiger partial charge in [0.05, 0.1) is 0 Å². The third-order valence-electron chi connectivity index (χ3n) is 16.1. The average molecular weight is 791 g/mol. The van der Waals surface area contributed by atoms with E-state index in [0.717, 1.165) is 45.1 Å². The van der Waals surface area contributed by atoms with Gasteiger partial charge in [0.1, 0.15) is 5.78 Å². The maximum atomic E-state index is 13.8. The first-order valence-corrected chi connectivity index (χ1v) is 29.1. The van der Waals surface area contributed by atoms with Crippen molar-refractivity contribution in [1.82, 2.24) is 0 Å². The van der Waals surface area contributed by atoms with Crippen molar-refractivity contribution in [3.05, 3.63) is 60.7 Å². The lowest BCUT2D eigenvalue weighted by molar-refractivity contribution is -0.137. The van der Waals surface area contributed by atoms with Crippen molar-refractivity contribution in [2.75, 3.05) is 13.2 Å². The van der Waals surface area contributed by atoms with Crippen LogP contribution in [0.25, 0.3) is 0 Å². The number of hydrogen-bond acceptors (Lipinski definition) is 4. The van der Waals surface area contributed by atoms with Crippen molar-refractivity contribution in [1.29, 1.82) is 0 Å². The normalized spacial score (nSPS) is 30.4. The van der Waals surface area contributed by atoms with Crippen LogP contribution in [0.15, 0.2) is 60.7 Å². The second-order valence-corrected chi connectivity index (χ2v) is 36.2. The number of hydrogen-bond donors (Lipinski definition) is 0. The van der Waals surface area contributed by atoms with E-state index in [1.807, 2.05) is 0 Å². The van der Waals surface area contributed by atoms with Gasteiger partial charge in [0, 0.05) is 31.2 Å². The van der Waals surface area contributed by atoms with Crippen molar-refractivity contribution in [2.45, 2.75) is 169 Å². The summed E-state index contributed by atoms with van der Waals surface area (Å²) in [5.41, 5.74) is -0.204. The zero-order valence-electron chi connectivity index (χ0n) is 37.2. The molecule has 5 rings (SSSR count). The largest absolute Gasteiger partial charge is 0.417 e. The van der Waals surface area contributed by atoms with Crippen molar-refractivity contribution >= 4 is 41.1 Å². The Labute approximate surface area is 334 Å². The van der Waals surface area contributed by atoms with E-state index in [1.165, 1.54) is 10.4 Å². The SMILES string of the molecule is CC(C)(C)[Si](C)(C)OC[C@H]1C[C@@H](O[Si](C)(C)C(C)(C)C)CC[C@]1(C)[C@H]1CC[C@]2(C)C(=O)CC[C@H]2[C@@H]1CO[Si](c1ccccc1)(c1ccccc1)C(C)(C)C. The molecule has 7 heteroatoms. The maximum absolute atomic E-state index is 13.8. The van der Waals surface area contributed by atoms with Gasteiger partial charge in [0.15, 0.2) is 16.6 Å². The minimum absolute atomic E-state index is 0.0576. The fraction of sp³-hybridized carbons (Fsp3) is 0.723. The molecular formula is C47H78O4Si3. The van der Waals surface area contributed by atoms with Gasteiger partial charge in [-0.2, -0.15) is 0 Å². The minimum Gasteiger partial charge on any atom is -0.417 e. The Bertz CT molecular complexity index is 1530. The van der Waals surface area contributed by atoms with Crippen LogP contribution in [0, 0.1) is 34.5 Å². The summed E-state index contributed by atoms with van der Waals surface area (Å²) in [6, 6.07) is 22.2. The number of carbonyl (C=O) groups excluding carboxylic acids is 1. The second-order valence-electron chi connectivity index (χ2n) is 22.3. The molecule has 3 fully saturated rings. The molecule has 4 nitrogen and oxygen atoms in total. The molecule has 3 saturated carbocycles. The van der Waals surface area contributed by atoms with Crippen LogP contribution in [0.3, 0.4) is 0 Å². The monoisotopic (exact) mass is 791 g/mol. The van der Waals surface area contributed by atoms with Crippen molar-refractivity contribution < 1.29 is 18.1 Å². The van der Waals surface area contributed by atoms with Crippen LogP contribution in [0.2, 0.25) is 41.3 Å². The van der Waals surface area contributed by atoms with Gasteiger partial charge in [0.2, 0.25) is 0 Å². The van der Waals surface area contributed by atoms with E-state index in [9.17, 15) is 4.79 Å². The molecule has 0 heterocycles. The van der Waals surface area contributed by atoms with Gasteiger partial charge >= 0.3 is 0 Å². The topological polar surface area (TPSA) is 44.8 Å². The molecular weight excluding hydrogens is 713 g/mol. The van der Waals surface area contributed by atoms with E-state index < -0.39 is 25.0 Å². The van der Waals surface area contributed by atoms with Crippen LogP contribution >= 0.6 is 0 Å². The Morgan fingerprint density at radius 2 is 1.19 bits per heavy atom. The molecule has 3 aliphatic rings. The minimum atomic E-state index is -2.78. The summed E-state index contributed by atoms with van der Waals surface area (Å²) in [4.78, 5) is 13.8. The molecule has 0 aromatic heterocycles. The molecule has 0 amide bonds. The molecule has 54 heavy (non-hydrogen) atoms. The van der Waals surface area contributed by atoms with Crippen molar-refractivity contribution in [2.24, 2.45) is 34.5 Å². The Balaban J connectivity index is 1.58. The van der Waals surface area contributed by atoms with E-state index in [1.54, 1.807) is 0 Å². The second kappa shape index (κ2) is 15.4. The summed E-state index contributed by atoms with van der Waals surface area (Å²) in [6.07, 6.45) is 7.31. The highest BCUT2D eigenvalue weighted by Gasteiger charge is 2.60. The highest BCUT2D eigenvalue weighted by Crippen LogP contribution is 2.62. The quantitative estimate of drug-likeness (QED) is 0.213. The van der Waals surface area contributed by atoms with E-state index in [4.69, 9.17) is 13.3 Å². The van der Waals surface area contributed by atoms with Gasteiger partial charge in [-0.15, -0.1) is 0 Å². The fourth-order valence-electron chi connectivity index (χ4n) is 10.4. The van der Waals surface area contributed by atoms with E-state index >= 15 is 0 Å². The molecule has 0 aliphatic heterocycles. The lowest BCUT2D eigenvalue weighted by Crippen LogP contribution is -2.67. The smallest absolute Gasteiger partial charge is 0.261 e.